The topological polar surface area (TPSA) is 63.2 Å². The quantitative estimate of drug-likeness (QED) is 0.868. The molecule has 1 saturated carbocycles. The van der Waals surface area contributed by atoms with Crippen molar-refractivity contribution in [3.63, 3.8) is 0 Å². The lowest BCUT2D eigenvalue weighted by Crippen LogP contribution is -2.49. The van der Waals surface area contributed by atoms with E-state index in [4.69, 9.17) is 16.3 Å². The van der Waals surface area contributed by atoms with Crippen molar-refractivity contribution in [3.8, 4) is 0 Å². The lowest BCUT2D eigenvalue weighted by molar-refractivity contribution is -0.0679. The minimum Gasteiger partial charge on any atom is -0.376 e. The highest BCUT2D eigenvalue weighted by Gasteiger charge is 2.37. The summed E-state index contributed by atoms with van der Waals surface area (Å²) in [6, 6.07) is 1.61. The predicted molar refractivity (Wildman–Crippen MR) is 74.7 cm³/mol. The number of methoxy groups -OCH3 is 1. The summed E-state index contributed by atoms with van der Waals surface area (Å²) < 4.78 is 5.45. The molecule has 6 heteroatoms. The lowest BCUT2D eigenvalue weighted by atomic mass is 9.80. The third kappa shape index (κ3) is 2.98. The molecule has 1 amide bonds. The Kier molecular flexibility index (Phi) is 4.27. The Bertz CT molecular complexity index is 469. The van der Waals surface area contributed by atoms with Crippen LogP contribution in [0, 0.1) is 0 Å². The van der Waals surface area contributed by atoms with Crippen molar-refractivity contribution in [2.75, 3.05) is 26.0 Å². The fourth-order valence-corrected chi connectivity index (χ4v) is 2.37. The van der Waals surface area contributed by atoms with E-state index in [1.165, 1.54) is 6.20 Å². The number of carbonyl (C=O) groups excluding carboxylic acids is 1. The molecule has 0 unspecified atom stereocenters. The average Bonchev–Trinajstić information content (AvgIpc) is 2.37. The highest BCUT2D eigenvalue weighted by atomic mass is 35.5. The SMILES string of the molecule is CNc1ncc(C(=O)NCC2(OC)CCC2)cc1Cl. The number of ether oxygens (including phenoxy) is 1. The third-order valence-electron chi connectivity index (χ3n) is 3.61. The van der Waals surface area contributed by atoms with Gasteiger partial charge in [0.2, 0.25) is 0 Å². The number of carbonyl (C=O) groups is 1. The zero-order valence-corrected chi connectivity index (χ0v) is 11.9. The summed E-state index contributed by atoms with van der Waals surface area (Å²) in [4.78, 5) is 16.1. The average molecular weight is 284 g/mol. The highest BCUT2D eigenvalue weighted by Crippen LogP contribution is 2.34. The van der Waals surface area contributed by atoms with Crippen LogP contribution in [0.1, 0.15) is 29.6 Å². The largest absolute Gasteiger partial charge is 0.376 e. The van der Waals surface area contributed by atoms with Gasteiger partial charge in [0, 0.05) is 26.9 Å². The first-order valence-corrected chi connectivity index (χ1v) is 6.65. The van der Waals surface area contributed by atoms with Crippen LogP contribution in [-0.2, 0) is 4.74 Å². The molecule has 19 heavy (non-hydrogen) atoms. The molecule has 0 aliphatic heterocycles. The number of halogens is 1. The van der Waals surface area contributed by atoms with Crippen LogP contribution in [0.15, 0.2) is 12.3 Å². The second-order valence-electron chi connectivity index (χ2n) is 4.73. The standard InChI is InChI=1S/C13H18ClN3O2/c1-15-11-10(14)6-9(7-16-11)12(18)17-8-13(19-2)4-3-5-13/h6-7H,3-5,8H2,1-2H3,(H,15,16)(H,17,18). The molecule has 1 aliphatic rings. The first-order valence-electron chi connectivity index (χ1n) is 6.27. The number of hydrogen-bond donors (Lipinski definition) is 2. The minimum absolute atomic E-state index is 0.180. The minimum atomic E-state index is -0.183. The van der Waals surface area contributed by atoms with Crippen molar-refractivity contribution < 1.29 is 9.53 Å². The van der Waals surface area contributed by atoms with E-state index in [2.05, 4.69) is 15.6 Å². The van der Waals surface area contributed by atoms with Crippen LogP contribution in [0.5, 0.6) is 0 Å². The zero-order chi connectivity index (χ0) is 13.9. The smallest absolute Gasteiger partial charge is 0.253 e. The summed E-state index contributed by atoms with van der Waals surface area (Å²) >= 11 is 6.00. The number of anilines is 1. The van der Waals surface area contributed by atoms with Gasteiger partial charge in [0.15, 0.2) is 0 Å². The predicted octanol–water partition coefficient (Wildman–Crippen LogP) is 2.08. The van der Waals surface area contributed by atoms with Crippen LogP contribution in [-0.4, -0.2) is 37.2 Å². The molecule has 5 nitrogen and oxygen atoms in total. The summed E-state index contributed by atoms with van der Waals surface area (Å²) in [6.07, 6.45) is 4.63. The maximum Gasteiger partial charge on any atom is 0.253 e. The lowest BCUT2D eigenvalue weighted by Gasteiger charge is -2.40. The Labute approximate surface area is 117 Å². The summed E-state index contributed by atoms with van der Waals surface area (Å²) in [6.45, 7) is 0.522. The Morgan fingerprint density at radius 3 is 2.79 bits per heavy atom. The molecule has 0 spiro atoms. The van der Waals surface area contributed by atoms with E-state index in [1.807, 2.05) is 0 Å². The van der Waals surface area contributed by atoms with Crippen molar-refractivity contribution in [3.05, 3.63) is 22.8 Å². The molecule has 1 aliphatic carbocycles. The molecule has 2 N–H and O–H groups in total. The van der Waals surface area contributed by atoms with Crippen LogP contribution in [0.4, 0.5) is 5.82 Å². The second kappa shape index (κ2) is 5.75. The van der Waals surface area contributed by atoms with Crippen molar-refractivity contribution in [2.45, 2.75) is 24.9 Å². The van der Waals surface area contributed by atoms with E-state index in [0.29, 0.717) is 22.9 Å². The molecule has 0 saturated heterocycles. The van der Waals surface area contributed by atoms with Crippen LogP contribution < -0.4 is 10.6 Å². The molecule has 0 bridgehead atoms. The molecule has 0 atom stereocenters. The zero-order valence-electron chi connectivity index (χ0n) is 11.1. The van der Waals surface area contributed by atoms with Gasteiger partial charge >= 0.3 is 0 Å². The first-order chi connectivity index (χ1) is 9.10. The van der Waals surface area contributed by atoms with Crippen molar-refractivity contribution in [2.24, 2.45) is 0 Å². The van der Waals surface area contributed by atoms with E-state index in [-0.39, 0.29) is 11.5 Å². The normalized spacial score (nSPS) is 16.6. The molecular weight excluding hydrogens is 266 g/mol. The van der Waals surface area contributed by atoms with Gasteiger partial charge in [-0.2, -0.15) is 0 Å². The van der Waals surface area contributed by atoms with Crippen molar-refractivity contribution in [1.82, 2.24) is 10.3 Å². The fourth-order valence-electron chi connectivity index (χ4n) is 2.11. The van der Waals surface area contributed by atoms with E-state index < -0.39 is 0 Å². The van der Waals surface area contributed by atoms with Gasteiger partial charge in [-0.1, -0.05) is 11.6 Å². The molecule has 0 radical (unpaired) electrons. The molecular formula is C13H18ClN3O2. The van der Waals surface area contributed by atoms with Gasteiger partial charge in [-0.05, 0) is 25.3 Å². The van der Waals surface area contributed by atoms with Gasteiger partial charge in [-0.25, -0.2) is 4.98 Å². The number of pyridine rings is 1. The summed E-state index contributed by atoms with van der Waals surface area (Å²) in [5, 5.41) is 6.16. The molecule has 104 valence electrons. The van der Waals surface area contributed by atoms with Crippen LogP contribution in [0.25, 0.3) is 0 Å². The van der Waals surface area contributed by atoms with Gasteiger partial charge in [0.25, 0.3) is 5.91 Å². The van der Waals surface area contributed by atoms with Crippen LogP contribution in [0.2, 0.25) is 5.02 Å². The molecule has 1 fully saturated rings. The van der Waals surface area contributed by atoms with Crippen LogP contribution in [0.3, 0.4) is 0 Å². The summed E-state index contributed by atoms with van der Waals surface area (Å²) in [7, 11) is 3.42. The van der Waals surface area contributed by atoms with E-state index in [1.54, 1.807) is 20.2 Å². The number of nitrogens with zero attached hydrogens (tertiary/aromatic N) is 1. The van der Waals surface area contributed by atoms with Gasteiger partial charge in [-0.3, -0.25) is 4.79 Å². The maximum absolute atomic E-state index is 12.0. The van der Waals surface area contributed by atoms with E-state index in [9.17, 15) is 4.79 Å². The highest BCUT2D eigenvalue weighted by molar-refractivity contribution is 6.33. The van der Waals surface area contributed by atoms with Crippen molar-refractivity contribution in [1.29, 1.82) is 0 Å². The number of amides is 1. The van der Waals surface area contributed by atoms with E-state index >= 15 is 0 Å². The Morgan fingerprint density at radius 2 is 2.32 bits per heavy atom. The maximum atomic E-state index is 12.0. The van der Waals surface area contributed by atoms with Crippen molar-refractivity contribution >= 4 is 23.3 Å². The Hall–Kier alpha value is -1.33. The monoisotopic (exact) mass is 283 g/mol. The Balaban J connectivity index is 1.98. The number of nitrogens with one attached hydrogen (secondary N) is 2. The molecule has 1 aromatic rings. The first kappa shape index (κ1) is 14.1. The number of aromatic nitrogens is 1. The Morgan fingerprint density at radius 1 is 1.58 bits per heavy atom. The van der Waals surface area contributed by atoms with Gasteiger partial charge < -0.3 is 15.4 Å². The van der Waals surface area contributed by atoms with Gasteiger partial charge in [-0.15, -0.1) is 0 Å². The summed E-state index contributed by atoms with van der Waals surface area (Å²) in [5.74, 6) is 0.381. The van der Waals surface area contributed by atoms with Crippen LogP contribution >= 0.6 is 11.6 Å². The second-order valence-corrected chi connectivity index (χ2v) is 5.13. The number of hydrogen-bond acceptors (Lipinski definition) is 4. The summed E-state index contributed by atoms with van der Waals surface area (Å²) in [5.41, 5.74) is 0.271. The fraction of sp³-hybridized carbons (Fsp3) is 0.538. The third-order valence-corrected chi connectivity index (χ3v) is 3.90. The number of rotatable bonds is 5. The molecule has 1 heterocycles. The molecule has 1 aromatic heterocycles. The molecule has 2 rings (SSSR count). The van der Waals surface area contributed by atoms with Gasteiger partial charge in [0.1, 0.15) is 5.82 Å². The molecule has 0 aromatic carbocycles. The van der Waals surface area contributed by atoms with Gasteiger partial charge in [0.05, 0.1) is 16.2 Å². The van der Waals surface area contributed by atoms with E-state index in [0.717, 1.165) is 19.3 Å².